The number of carbonyl (C=O) groups excluding carboxylic acids is 1. The van der Waals surface area contributed by atoms with E-state index in [9.17, 15) is 10.1 Å². The van der Waals surface area contributed by atoms with Crippen molar-refractivity contribution in [3.63, 3.8) is 0 Å². The summed E-state index contributed by atoms with van der Waals surface area (Å²) < 4.78 is 18.2. The number of hydrogen-bond acceptors (Lipinski definition) is 5. The summed E-state index contributed by atoms with van der Waals surface area (Å²) in [5.41, 5.74) is 2.00. The normalized spacial score (nSPS) is 10.9. The summed E-state index contributed by atoms with van der Waals surface area (Å²) in [5, 5.41) is 12.6. The molecule has 0 heterocycles. The molecule has 0 aliphatic carbocycles. The fraction of sp³-hybridized carbons (Fsp3) is 0.185. The van der Waals surface area contributed by atoms with Crippen LogP contribution in [0.2, 0.25) is 5.02 Å². The zero-order valence-electron chi connectivity index (χ0n) is 19.3. The molecule has 3 aromatic rings. The molecule has 0 saturated heterocycles. The van der Waals surface area contributed by atoms with Gasteiger partial charge in [0.05, 0.1) is 18.2 Å². The Labute approximate surface area is 223 Å². The molecule has 3 aromatic carbocycles. The quantitative estimate of drug-likeness (QED) is 0.156. The van der Waals surface area contributed by atoms with Gasteiger partial charge in [-0.05, 0) is 102 Å². The summed E-state index contributed by atoms with van der Waals surface area (Å²) in [4.78, 5) is 12.7. The Balaban J connectivity index is 1.79. The Kier molecular flexibility index (Phi) is 9.82. The zero-order valence-corrected chi connectivity index (χ0v) is 22.2. The van der Waals surface area contributed by atoms with Gasteiger partial charge < -0.3 is 19.5 Å². The van der Waals surface area contributed by atoms with Gasteiger partial charge in [0, 0.05) is 9.26 Å². The molecular weight excluding hydrogens is 579 g/mol. The van der Waals surface area contributed by atoms with E-state index in [1.165, 1.54) is 6.08 Å². The second-order valence-corrected chi connectivity index (χ2v) is 8.91. The van der Waals surface area contributed by atoms with Gasteiger partial charge in [0.2, 0.25) is 0 Å². The largest absolute Gasteiger partial charge is 0.494 e. The van der Waals surface area contributed by atoms with E-state index in [1.807, 2.05) is 44.2 Å². The lowest BCUT2D eigenvalue weighted by Gasteiger charge is -2.15. The molecule has 6 nitrogen and oxygen atoms in total. The third-order valence-corrected chi connectivity index (χ3v) is 5.73. The van der Waals surface area contributed by atoms with Gasteiger partial charge in [-0.25, -0.2) is 0 Å². The highest BCUT2D eigenvalue weighted by Gasteiger charge is 2.15. The molecule has 0 atom stereocenters. The highest BCUT2D eigenvalue weighted by Crippen LogP contribution is 2.38. The van der Waals surface area contributed by atoms with Gasteiger partial charge in [0.1, 0.15) is 24.0 Å². The van der Waals surface area contributed by atoms with E-state index in [-0.39, 0.29) is 5.57 Å². The molecular formula is C27H24ClIN2O4. The fourth-order valence-electron chi connectivity index (χ4n) is 3.13. The Morgan fingerprint density at radius 2 is 1.71 bits per heavy atom. The predicted octanol–water partition coefficient (Wildman–Crippen LogP) is 6.87. The number of ether oxygens (including phenoxy) is 3. The number of nitrogens with one attached hydrogen (secondary N) is 1. The molecule has 180 valence electrons. The predicted molar refractivity (Wildman–Crippen MR) is 146 cm³/mol. The molecule has 0 radical (unpaired) electrons. The molecule has 0 fully saturated rings. The van der Waals surface area contributed by atoms with E-state index < -0.39 is 5.91 Å². The van der Waals surface area contributed by atoms with Crippen molar-refractivity contribution in [2.24, 2.45) is 0 Å². The maximum atomic E-state index is 12.7. The summed E-state index contributed by atoms with van der Waals surface area (Å²) in [5.74, 6) is 0.997. The lowest BCUT2D eigenvalue weighted by Crippen LogP contribution is -2.13. The van der Waals surface area contributed by atoms with Crippen molar-refractivity contribution in [1.29, 1.82) is 5.26 Å². The van der Waals surface area contributed by atoms with Gasteiger partial charge in [-0.2, -0.15) is 5.26 Å². The van der Waals surface area contributed by atoms with Gasteiger partial charge in [-0.3, -0.25) is 4.79 Å². The molecule has 1 N–H and O–H groups in total. The van der Waals surface area contributed by atoms with Crippen LogP contribution in [0.15, 0.2) is 66.2 Å². The third-order valence-electron chi connectivity index (χ3n) is 4.73. The topological polar surface area (TPSA) is 80.6 Å². The van der Waals surface area contributed by atoms with Crippen molar-refractivity contribution in [1.82, 2.24) is 0 Å². The van der Waals surface area contributed by atoms with E-state index in [0.29, 0.717) is 53.3 Å². The minimum atomic E-state index is -0.537. The van der Waals surface area contributed by atoms with Gasteiger partial charge in [-0.1, -0.05) is 23.7 Å². The second-order valence-electron chi connectivity index (χ2n) is 7.26. The number of amides is 1. The van der Waals surface area contributed by atoms with Crippen LogP contribution in [0.4, 0.5) is 5.69 Å². The second kappa shape index (κ2) is 13.0. The molecule has 0 aliphatic rings. The highest BCUT2D eigenvalue weighted by molar-refractivity contribution is 14.1. The smallest absolute Gasteiger partial charge is 0.266 e. The van der Waals surface area contributed by atoms with Crippen LogP contribution in [0.25, 0.3) is 6.08 Å². The summed E-state index contributed by atoms with van der Waals surface area (Å²) in [6.45, 7) is 5.01. The summed E-state index contributed by atoms with van der Waals surface area (Å²) in [7, 11) is 0. The number of carbonyl (C=O) groups is 1. The van der Waals surface area contributed by atoms with Crippen LogP contribution in [0.3, 0.4) is 0 Å². The Bertz CT molecular complexity index is 1240. The first-order valence-corrected chi connectivity index (χ1v) is 12.4. The number of halogens is 2. The monoisotopic (exact) mass is 602 g/mol. The van der Waals surface area contributed by atoms with Crippen molar-refractivity contribution < 1.29 is 19.0 Å². The van der Waals surface area contributed by atoms with Crippen LogP contribution in [-0.2, 0) is 11.4 Å². The molecule has 35 heavy (non-hydrogen) atoms. The average Bonchev–Trinajstić information content (AvgIpc) is 2.84. The molecule has 0 unspecified atom stereocenters. The number of benzene rings is 3. The van der Waals surface area contributed by atoms with Crippen LogP contribution in [0.1, 0.15) is 25.0 Å². The Hall–Kier alpha value is -3.22. The van der Waals surface area contributed by atoms with E-state index >= 15 is 0 Å². The number of rotatable bonds is 10. The van der Waals surface area contributed by atoms with E-state index in [1.54, 1.807) is 36.4 Å². The highest BCUT2D eigenvalue weighted by atomic mass is 127. The molecule has 3 rings (SSSR count). The first kappa shape index (κ1) is 26.4. The first-order valence-electron chi connectivity index (χ1n) is 10.9. The number of anilines is 1. The van der Waals surface area contributed by atoms with Crippen LogP contribution in [0.5, 0.6) is 17.2 Å². The number of hydrogen-bond donors (Lipinski definition) is 1. The molecule has 8 heteroatoms. The number of nitrogens with zero attached hydrogens (tertiary/aromatic N) is 1. The van der Waals surface area contributed by atoms with E-state index in [2.05, 4.69) is 27.9 Å². The van der Waals surface area contributed by atoms with Crippen LogP contribution in [0, 0.1) is 14.9 Å². The first-order chi connectivity index (χ1) is 16.9. The van der Waals surface area contributed by atoms with Crippen molar-refractivity contribution in [3.8, 4) is 23.3 Å². The summed E-state index contributed by atoms with van der Waals surface area (Å²) in [6.07, 6.45) is 1.46. The summed E-state index contributed by atoms with van der Waals surface area (Å²) in [6, 6.07) is 20.2. The van der Waals surface area contributed by atoms with Gasteiger partial charge in [0.25, 0.3) is 5.91 Å². The number of nitriles is 1. The van der Waals surface area contributed by atoms with Crippen LogP contribution in [-0.4, -0.2) is 19.1 Å². The SMILES string of the molecule is CCOc1ccc(NC(=O)/C(C#N)=C/c2cc(Cl)c(OCc3ccc(I)cc3)c(OCC)c2)cc1. The molecule has 1 amide bonds. The Morgan fingerprint density at radius 3 is 2.34 bits per heavy atom. The van der Waals surface area contributed by atoms with Crippen molar-refractivity contribution >= 4 is 51.9 Å². The van der Waals surface area contributed by atoms with Crippen molar-refractivity contribution in [2.75, 3.05) is 18.5 Å². The Morgan fingerprint density at radius 1 is 1.03 bits per heavy atom. The molecule has 0 spiro atoms. The zero-order chi connectivity index (χ0) is 25.2. The maximum Gasteiger partial charge on any atom is 0.266 e. The van der Waals surface area contributed by atoms with Crippen molar-refractivity contribution in [3.05, 3.63) is 86.0 Å². The molecule has 0 bridgehead atoms. The van der Waals surface area contributed by atoms with Crippen LogP contribution < -0.4 is 19.5 Å². The standard InChI is InChI=1S/C27H24ClIN2O4/c1-3-33-23-11-9-22(10-12-23)31-27(32)20(16-30)13-19-14-24(28)26(25(15-19)34-4-2)35-17-18-5-7-21(29)8-6-18/h5-15H,3-4,17H2,1-2H3,(H,31,32)/b20-13+. The maximum absolute atomic E-state index is 12.7. The van der Waals surface area contributed by atoms with Crippen molar-refractivity contribution in [2.45, 2.75) is 20.5 Å². The average molecular weight is 603 g/mol. The molecule has 0 saturated carbocycles. The van der Waals surface area contributed by atoms with Gasteiger partial charge >= 0.3 is 0 Å². The van der Waals surface area contributed by atoms with E-state index in [4.69, 9.17) is 25.8 Å². The molecule has 0 aliphatic heterocycles. The summed E-state index contributed by atoms with van der Waals surface area (Å²) >= 11 is 8.75. The lowest BCUT2D eigenvalue weighted by atomic mass is 10.1. The minimum Gasteiger partial charge on any atom is -0.494 e. The minimum absolute atomic E-state index is 0.0787. The van der Waals surface area contributed by atoms with E-state index in [0.717, 1.165) is 9.13 Å². The third kappa shape index (κ3) is 7.64. The van der Waals surface area contributed by atoms with Gasteiger partial charge in [-0.15, -0.1) is 0 Å². The van der Waals surface area contributed by atoms with Crippen LogP contribution >= 0.6 is 34.2 Å². The van der Waals surface area contributed by atoms with Gasteiger partial charge in [0.15, 0.2) is 11.5 Å². The molecule has 0 aromatic heterocycles. The lowest BCUT2D eigenvalue weighted by molar-refractivity contribution is -0.112. The fourth-order valence-corrected chi connectivity index (χ4v) is 3.76.